The molecule has 0 amide bonds. The van der Waals surface area contributed by atoms with Crippen LogP contribution in [0.3, 0.4) is 0 Å². The van der Waals surface area contributed by atoms with Gasteiger partial charge in [-0.15, -0.1) is 0 Å². The van der Waals surface area contributed by atoms with E-state index in [1.165, 1.54) is 0 Å². The summed E-state index contributed by atoms with van der Waals surface area (Å²) in [5, 5.41) is 4.33. The molecule has 0 saturated carbocycles. The molecule has 2 aromatic rings. The van der Waals surface area contributed by atoms with Crippen molar-refractivity contribution in [1.29, 1.82) is 0 Å². The number of hydrogen-bond donors (Lipinski definition) is 1. The van der Waals surface area contributed by atoms with E-state index in [-0.39, 0.29) is 0 Å². The molecule has 1 aliphatic heterocycles. The highest BCUT2D eigenvalue weighted by Gasteiger charge is 2.14. The normalized spacial score (nSPS) is 15.0. The van der Waals surface area contributed by atoms with Crippen molar-refractivity contribution in [1.82, 2.24) is 9.97 Å². The lowest BCUT2D eigenvalue weighted by Crippen LogP contribution is -2.37. The van der Waals surface area contributed by atoms with Crippen LogP contribution < -0.4 is 10.2 Å². The van der Waals surface area contributed by atoms with Crippen molar-refractivity contribution >= 4 is 40.7 Å². The number of ether oxygens (including phenoxy) is 1. The van der Waals surface area contributed by atoms with E-state index in [2.05, 4.69) is 20.2 Å². The van der Waals surface area contributed by atoms with Gasteiger partial charge in [0.15, 0.2) is 0 Å². The number of aromatic nitrogens is 2. The molecule has 0 bridgehead atoms. The third-order valence-electron chi connectivity index (χ3n) is 3.13. The van der Waals surface area contributed by atoms with Gasteiger partial charge in [-0.1, -0.05) is 23.2 Å². The Morgan fingerprint density at radius 1 is 1.14 bits per heavy atom. The van der Waals surface area contributed by atoms with E-state index in [9.17, 15) is 0 Å². The van der Waals surface area contributed by atoms with Gasteiger partial charge in [-0.25, -0.2) is 4.98 Å². The maximum atomic E-state index is 6.15. The summed E-state index contributed by atoms with van der Waals surface area (Å²) in [5.74, 6) is 1.38. The molecule has 1 fully saturated rings. The second kappa shape index (κ2) is 6.47. The maximum Gasteiger partial charge on any atom is 0.227 e. The molecular weight excluding hydrogens is 311 g/mol. The molecule has 110 valence electrons. The lowest BCUT2D eigenvalue weighted by atomic mass is 10.3. The van der Waals surface area contributed by atoms with E-state index in [1.807, 2.05) is 6.07 Å². The van der Waals surface area contributed by atoms with E-state index in [0.29, 0.717) is 35.0 Å². The molecule has 0 radical (unpaired) electrons. The topological polar surface area (TPSA) is 50.3 Å². The molecule has 1 saturated heterocycles. The van der Waals surface area contributed by atoms with Gasteiger partial charge >= 0.3 is 0 Å². The molecule has 1 N–H and O–H groups in total. The van der Waals surface area contributed by atoms with Crippen LogP contribution in [0.4, 0.5) is 17.5 Å². The first-order valence-corrected chi connectivity index (χ1v) is 7.36. The fourth-order valence-corrected chi connectivity index (χ4v) is 2.52. The van der Waals surface area contributed by atoms with Gasteiger partial charge in [0.05, 0.1) is 23.9 Å². The van der Waals surface area contributed by atoms with Gasteiger partial charge in [0.25, 0.3) is 0 Å². The second-order valence-electron chi connectivity index (χ2n) is 4.59. The highest BCUT2D eigenvalue weighted by Crippen LogP contribution is 2.28. The molecule has 0 spiro atoms. The average molecular weight is 325 g/mol. The molecule has 5 nitrogen and oxygen atoms in total. The molecule has 1 aromatic heterocycles. The predicted octanol–water partition coefficient (Wildman–Crippen LogP) is 3.36. The zero-order chi connectivity index (χ0) is 14.7. The fraction of sp³-hybridized carbons (Fsp3) is 0.286. The summed E-state index contributed by atoms with van der Waals surface area (Å²) in [5.41, 5.74) is 0.757. The van der Waals surface area contributed by atoms with Crippen LogP contribution in [0.1, 0.15) is 0 Å². The predicted molar refractivity (Wildman–Crippen MR) is 84.8 cm³/mol. The third kappa shape index (κ3) is 3.56. The lowest BCUT2D eigenvalue weighted by molar-refractivity contribution is 0.122. The number of benzene rings is 1. The summed E-state index contributed by atoms with van der Waals surface area (Å²) in [7, 11) is 0. The van der Waals surface area contributed by atoms with Crippen LogP contribution in [0.2, 0.25) is 10.0 Å². The van der Waals surface area contributed by atoms with Crippen LogP contribution in [0, 0.1) is 0 Å². The molecule has 0 aliphatic carbocycles. The zero-order valence-electron chi connectivity index (χ0n) is 11.2. The molecule has 0 unspecified atom stereocenters. The second-order valence-corrected chi connectivity index (χ2v) is 5.43. The fourth-order valence-electron chi connectivity index (χ4n) is 2.06. The zero-order valence-corrected chi connectivity index (χ0v) is 12.7. The number of hydrogen-bond acceptors (Lipinski definition) is 5. The van der Waals surface area contributed by atoms with Crippen LogP contribution in [-0.4, -0.2) is 36.3 Å². The Kier molecular flexibility index (Phi) is 4.43. The van der Waals surface area contributed by atoms with Gasteiger partial charge in [-0.2, -0.15) is 4.98 Å². The highest BCUT2D eigenvalue weighted by atomic mass is 35.5. The molecular formula is C14H14Cl2N4O. The Balaban J connectivity index is 1.79. The van der Waals surface area contributed by atoms with Crippen molar-refractivity contribution in [2.75, 3.05) is 36.5 Å². The quantitative estimate of drug-likeness (QED) is 0.938. The summed E-state index contributed by atoms with van der Waals surface area (Å²) in [6.45, 7) is 2.99. The van der Waals surface area contributed by atoms with Crippen LogP contribution in [0.25, 0.3) is 0 Å². The van der Waals surface area contributed by atoms with E-state index >= 15 is 0 Å². The van der Waals surface area contributed by atoms with Crippen molar-refractivity contribution in [3.8, 4) is 0 Å². The number of morpholine rings is 1. The molecule has 3 rings (SSSR count). The average Bonchev–Trinajstić information content (AvgIpc) is 2.51. The number of rotatable bonds is 3. The van der Waals surface area contributed by atoms with Gasteiger partial charge in [-0.3, -0.25) is 0 Å². The Morgan fingerprint density at radius 3 is 2.71 bits per heavy atom. The minimum absolute atomic E-state index is 0.550. The Labute approximate surface area is 132 Å². The maximum absolute atomic E-state index is 6.15. The monoisotopic (exact) mass is 324 g/mol. The van der Waals surface area contributed by atoms with E-state index < -0.39 is 0 Å². The van der Waals surface area contributed by atoms with Crippen molar-refractivity contribution in [2.24, 2.45) is 0 Å². The Bertz CT molecular complexity index is 632. The van der Waals surface area contributed by atoms with Crippen LogP contribution in [0.15, 0.2) is 30.5 Å². The molecule has 21 heavy (non-hydrogen) atoms. The molecule has 1 aliphatic rings. The Morgan fingerprint density at radius 2 is 1.95 bits per heavy atom. The minimum Gasteiger partial charge on any atom is -0.378 e. The summed E-state index contributed by atoms with van der Waals surface area (Å²) in [6, 6.07) is 7.09. The number of anilines is 3. The highest BCUT2D eigenvalue weighted by molar-refractivity contribution is 6.36. The first kappa shape index (κ1) is 14.4. The van der Waals surface area contributed by atoms with Crippen LogP contribution in [-0.2, 0) is 4.74 Å². The van der Waals surface area contributed by atoms with E-state index in [4.69, 9.17) is 27.9 Å². The van der Waals surface area contributed by atoms with E-state index in [0.717, 1.165) is 18.8 Å². The van der Waals surface area contributed by atoms with Crippen LogP contribution in [0.5, 0.6) is 0 Å². The van der Waals surface area contributed by atoms with Crippen LogP contribution >= 0.6 is 23.2 Å². The standard InChI is InChI=1S/C14H14Cl2N4O/c15-10-1-2-12(11(16)9-10)18-13-3-4-17-14(19-13)20-5-7-21-8-6-20/h1-4,9H,5-8H2,(H,17,18,19). The summed E-state index contributed by atoms with van der Waals surface area (Å²) in [4.78, 5) is 10.9. The van der Waals surface area contributed by atoms with Gasteiger partial charge < -0.3 is 15.0 Å². The number of nitrogens with zero attached hydrogens (tertiary/aromatic N) is 3. The van der Waals surface area contributed by atoms with Crippen molar-refractivity contribution in [2.45, 2.75) is 0 Å². The van der Waals surface area contributed by atoms with Gasteiger partial charge in [-0.05, 0) is 24.3 Å². The molecule has 0 atom stereocenters. The first-order valence-electron chi connectivity index (χ1n) is 6.60. The Hall–Kier alpha value is -1.56. The smallest absolute Gasteiger partial charge is 0.227 e. The lowest BCUT2D eigenvalue weighted by Gasteiger charge is -2.26. The van der Waals surface area contributed by atoms with E-state index in [1.54, 1.807) is 24.4 Å². The largest absolute Gasteiger partial charge is 0.378 e. The number of halogens is 2. The van der Waals surface area contributed by atoms with Crippen molar-refractivity contribution < 1.29 is 4.74 Å². The van der Waals surface area contributed by atoms with Gasteiger partial charge in [0.1, 0.15) is 5.82 Å². The molecule has 2 heterocycles. The summed E-state index contributed by atoms with van der Waals surface area (Å²) >= 11 is 12.0. The number of nitrogens with one attached hydrogen (secondary N) is 1. The van der Waals surface area contributed by atoms with Gasteiger partial charge in [0, 0.05) is 24.3 Å². The minimum atomic E-state index is 0.550. The van der Waals surface area contributed by atoms with Gasteiger partial charge in [0.2, 0.25) is 5.95 Å². The SMILES string of the molecule is Clc1ccc(Nc2ccnc(N3CCOCC3)n2)c(Cl)c1. The third-order valence-corrected chi connectivity index (χ3v) is 3.68. The summed E-state index contributed by atoms with van der Waals surface area (Å²) < 4.78 is 5.33. The molecule has 1 aromatic carbocycles. The van der Waals surface area contributed by atoms with Crippen molar-refractivity contribution in [3.05, 3.63) is 40.5 Å². The summed E-state index contributed by atoms with van der Waals surface area (Å²) in [6.07, 6.45) is 1.73. The first-order chi connectivity index (χ1) is 10.2. The van der Waals surface area contributed by atoms with Crippen molar-refractivity contribution in [3.63, 3.8) is 0 Å². The molecule has 7 heteroatoms.